The fourth-order valence-corrected chi connectivity index (χ4v) is 3.36. The minimum atomic E-state index is -0.720. The number of hydrogen-bond donors (Lipinski definition) is 1. The van der Waals surface area contributed by atoms with E-state index in [4.69, 9.17) is 9.47 Å². The molecule has 2 rings (SSSR count). The average molecular weight is 318 g/mol. The molecule has 126 valence electrons. The molecule has 1 N–H and O–H groups in total. The highest BCUT2D eigenvalue weighted by Crippen LogP contribution is 2.40. The van der Waals surface area contributed by atoms with E-state index < -0.39 is 11.9 Å². The van der Waals surface area contributed by atoms with Gasteiger partial charge in [0, 0.05) is 0 Å². The van der Waals surface area contributed by atoms with Gasteiger partial charge in [0.25, 0.3) is 0 Å². The van der Waals surface area contributed by atoms with Crippen molar-refractivity contribution < 1.29 is 19.4 Å². The summed E-state index contributed by atoms with van der Waals surface area (Å²) in [5.74, 6) is 0.415. The zero-order chi connectivity index (χ0) is 16.8. The molecule has 0 aliphatic carbocycles. The number of carboxylic acids is 1. The van der Waals surface area contributed by atoms with Crippen molar-refractivity contribution in [3.63, 3.8) is 0 Å². The van der Waals surface area contributed by atoms with E-state index in [1.807, 2.05) is 45.0 Å². The molecule has 4 heteroatoms. The van der Waals surface area contributed by atoms with Gasteiger partial charge in [-0.1, -0.05) is 32.1 Å². The molecule has 23 heavy (non-hydrogen) atoms. The number of aliphatic carboxylic acids is 1. The summed E-state index contributed by atoms with van der Waals surface area (Å²) in [6, 6.07) is 5.78. The van der Waals surface area contributed by atoms with Crippen LogP contribution in [0.5, 0.6) is 11.5 Å². The van der Waals surface area contributed by atoms with E-state index >= 15 is 0 Å². The molecule has 0 aromatic heterocycles. The Kier molecular flexibility index (Phi) is 6.08. The highest BCUT2D eigenvalue weighted by atomic mass is 16.7. The lowest BCUT2D eigenvalue weighted by molar-refractivity contribution is -0.144. The van der Waals surface area contributed by atoms with Gasteiger partial charge in [0.2, 0.25) is 6.79 Å². The third-order valence-electron chi connectivity index (χ3n) is 4.62. The molecule has 0 spiro atoms. The van der Waals surface area contributed by atoms with Crippen molar-refractivity contribution in [2.24, 2.45) is 11.8 Å². The van der Waals surface area contributed by atoms with Gasteiger partial charge in [-0.05, 0) is 55.7 Å². The van der Waals surface area contributed by atoms with Crippen LogP contribution in [0, 0.1) is 11.8 Å². The van der Waals surface area contributed by atoms with Crippen molar-refractivity contribution in [3.8, 4) is 11.5 Å². The van der Waals surface area contributed by atoms with Crippen molar-refractivity contribution in [1.82, 2.24) is 0 Å². The molecule has 1 aromatic carbocycles. The molecule has 0 saturated heterocycles. The van der Waals surface area contributed by atoms with Gasteiger partial charge in [0.1, 0.15) is 0 Å². The molecule has 0 fully saturated rings. The summed E-state index contributed by atoms with van der Waals surface area (Å²) in [5.41, 5.74) is 1.02. The zero-order valence-electron chi connectivity index (χ0n) is 14.1. The lowest BCUT2D eigenvalue weighted by Crippen LogP contribution is -2.28. The van der Waals surface area contributed by atoms with Crippen LogP contribution in [0.4, 0.5) is 0 Å². The number of hydrogen-bond acceptors (Lipinski definition) is 3. The Bertz CT molecular complexity index is 564. The van der Waals surface area contributed by atoms with E-state index in [1.165, 1.54) is 0 Å². The Morgan fingerprint density at radius 3 is 2.74 bits per heavy atom. The van der Waals surface area contributed by atoms with Crippen LogP contribution >= 0.6 is 0 Å². The Labute approximate surface area is 138 Å². The molecule has 1 aromatic rings. The number of carbonyl (C=O) groups is 1. The molecular weight excluding hydrogens is 292 g/mol. The Morgan fingerprint density at radius 2 is 2.09 bits per heavy atom. The number of benzene rings is 1. The van der Waals surface area contributed by atoms with Gasteiger partial charge in [-0.15, -0.1) is 0 Å². The Morgan fingerprint density at radius 1 is 1.35 bits per heavy atom. The van der Waals surface area contributed by atoms with Crippen molar-refractivity contribution in [1.29, 1.82) is 0 Å². The van der Waals surface area contributed by atoms with Gasteiger partial charge in [0.05, 0.1) is 5.92 Å². The van der Waals surface area contributed by atoms with Crippen molar-refractivity contribution in [3.05, 3.63) is 35.9 Å². The van der Waals surface area contributed by atoms with E-state index in [0.717, 1.165) is 30.6 Å². The van der Waals surface area contributed by atoms with Crippen LogP contribution in [0.25, 0.3) is 0 Å². The average Bonchev–Trinajstić information content (AvgIpc) is 2.99. The lowest BCUT2D eigenvalue weighted by atomic mass is 9.75. The maximum Gasteiger partial charge on any atom is 0.307 e. The maximum atomic E-state index is 11.9. The first-order valence-corrected chi connectivity index (χ1v) is 8.32. The quantitative estimate of drug-likeness (QED) is 0.712. The topological polar surface area (TPSA) is 55.8 Å². The van der Waals surface area contributed by atoms with Crippen LogP contribution in [0.3, 0.4) is 0 Å². The molecule has 4 nitrogen and oxygen atoms in total. The van der Waals surface area contributed by atoms with Crippen LogP contribution < -0.4 is 9.47 Å². The third-order valence-corrected chi connectivity index (χ3v) is 4.62. The molecule has 0 radical (unpaired) electrons. The van der Waals surface area contributed by atoms with Gasteiger partial charge in [-0.3, -0.25) is 4.79 Å². The molecule has 1 heterocycles. The number of fused-ring (bicyclic) bond motifs is 1. The fourth-order valence-electron chi connectivity index (χ4n) is 3.36. The van der Waals surface area contributed by atoms with Crippen LogP contribution in [0.15, 0.2) is 30.4 Å². The van der Waals surface area contributed by atoms with Gasteiger partial charge >= 0.3 is 5.97 Å². The first-order valence-electron chi connectivity index (χ1n) is 8.32. The summed E-state index contributed by atoms with van der Waals surface area (Å²) in [6.45, 7) is 6.31. The second kappa shape index (κ2) is 8.04. The Balaban J connectivity index is 2.22. The van der Waals surface area contributed by atoms with Crippen LogP contribution in [0.1, 0.15) is 51.5 Å². The first kappa shape index (κ1) is 17.4. The second-order valence-electron chi connectivity index (χ2n) is 6.12. The van der Waals surface area contributed by atoms with Crippen LogP contribution in [0.2, 0.25) is 0 Å². The summed E-state index contributed by atoms with van der Waals surface area (Å²) in [4.78, 5) is 11.9. The second-order valence-corrected chi connectivity index (χ2v) is 6.12. The highest BCUT2D eigenvalue weighted by molar-refractivity contribution is 5.72. The summed E-state index contributed by atoms with van der Waals surface area (Å²) >= 11 is 0. The van der Waals surface area contributed by atoms with Gasteiger partial charge in [-0.2, -0.15) is 0 Å². The van der Waals surface area contributed by atoms with Gasteiger partial charge in [-0.25, -0.2) is 0 Å². The summed E-state index contributed by atoms with van der Waals surface area (Å²) in [5, 5.41) is 9.78. The number of ether oxygens (including phenoxy) is 2. The summed E-state index contributed by atoms with van der Waals surface area (Å²) in [7, 11) is 0. The lowest BCUT2D eigenvalue weighted by Gasteiger charge is -2.28. The van der Waals surface area contributed by atoms with Crippen molar-refractivity contribution in [2.75, 3.05) is 6.79 Å². The SMILES string of the molecule is C/C=C\CCC(C)C(C(=O)O)C(CC)c1ccc2c(c1)OCO2. The maximum absolute atomic E-state index is 11.9. The predicted molar refractivity (Wildman–Crippen MR) is 89.9 cm³/mol. The van der Waals surface area contributed by atoms with Crippen molar-refractivity contribution >= 4 is 5.97 Å². The molecule has 1 aliphatic rings. The number of carboxylic acid groups (broad SMARTS) is 1. The normalized spacial score (nSPS) is 17.2. The largest absolute Gasteiger partial charge is 0.481 e. The van der Waals surface area contributed by atoms with E-state index in [2.05, 4.69) is 6.08 Å². The minimum Gasteiger partial charge on any atom is -0.481 e. The van der Waals surface area contributed by atoms with Crippen molar-refractivity contribution in [2.45, 2.75) is 46.0 Å². The Hall–Kier alpha value is -1.97. The molecule has 3 unspecified atom stereocenters. The van der Waals surface area contributed by atoms with E-state index in [0.29, 0.717) is 5.75 Å². The predicted octanol–water partition coefficient (Wildman–Crippen LogP) is 4.60. The standard InChI is InChI=1S/C19H26O4/c1-4-6-7-8-13(3)18(19(20)21)15(5-2)14-9-10-16-17(11-14)23-12-22-16/h4,6,9-11,13,15,18H,5,7-8,12H2,1-3H3,(H,20,21)/b6-4-. The summed E-state index contributed by atoms with van der Waals surface area (Å²) < 4.78 is 10.8. The zero-order valence-corrected chi connectivity index (χ0v) is 14.1. The van der Waals surface area contributed by atoms with Crippen LogP contribution in [-0.4, -0.2) is 17.9 Å². The highest BCUT2D eigenvalue weighted by Gasteiger charge is 2.33. The molecular formula is C19H26O4. The number of rotatable bonds is 8. The smallest absolute Gasteiger partial charge is 0.307 e. The molecule has 3 atom stereocenters. The van der Waals surface area contributed by atoms with Crippen LogP contribution in [-0.2, 0) is 4.79 Å². The minimum absolute atomic E-state index is 0.0254. The van der Waals surface area contributed by atoms with E-state index in [1.54, 1.807) is 0 Å². The molecule has 0 amide bonds. The fraction of sp³-hybridized carbons (Fsp3) is 0.526. The van der Waals surface area contributed by atoms with E-state index in [-0.39, 0.29) is 18.6 Å². The number of allylic oxidation sites excluding steroid dienone is 2. The first-order chi connectivity index (χ1) is 11.1. The molecule has 1 aliphatic heterocycles. The monoisotopic (exact) mass is 318 g/mol. The van der Waals surface area contributed by atoms with Gasteiger partial charge in [0.15, 0.2) is 11.5 Å². The summed E-state index contributed by atoms with van der Waals surface area (Å²) in [6.07, 6.45) is 6.68. The van der Waals surface area contributed by atoms with Gasteiger partial charge < -0.3 is 14.6 Å². The molecule has 0 saturated carbocycles. The molecule has 0 bridgehead atoms. The third kappa shape index (κ3) is 4.06. The van der Waals surface area contributed by atoms with E-state index in [9.17, 15) is 9.90 Å².